The van der Waals surface area contributed by atoms with Crippen molar-refractivity contribution in [3.05, 3.63) is 102 Å². The summed E-state index contributed by atoms with van der Waals surface area (Å²) in [7, 11) is 0. The molecule has 5 rings (SSSR count). The van der Waals surface area contributed by atoms with Crippen LogP contribution in [-0.2, 0) is 15.7 Å². The third kappa shape index (κ3) is 3.98. The highest BCUT2D eigenvalue weighted by atomic mass is 19.4. The second-order valence-electron chi connectivity index (χ2n) is 7.80. The highest BCUT2D eigenvalue weighted by Gasteiger charge is 2.35. The van der Waals surface area contributed by atoms with Crippen molar-refractivity contribution in [2.75, 3.05) is 0 Å². The van der Waals surface area contributed by atoms with Gasteiger partial charge in [0, 0.05) is 29.0 Å². The Morgan fingerprint density at radius 2 is 1.62 bits per heavy atom. The maximum absolute atomic E-state index is 13.0. The van der Waals surface area contributed by atoms with Crippen LogP contribution in [-0.4, -0.2) is 21.8 Å². The van der Waals surface area contributed by atoms with Gasteiger partial charge in [0.15, 0.2) is 0 Å². The number of aromatic nitrogens is 1. The molecule has 0 saturated heterocycles. The lowest BCUT2D eigenvalue weighted by atomic mass is 10.0. The molecule has 0 saturated carbocycles. The number of ether oxygens (including phenoxy) is 1. The lowest BCUT2D eigenvalue weighted by Gasteiger charge is -2.20. The van der Waals surface area contributed by atoms with Crippen molar-refractivity contribution >= 4 is 22.7 Å². The van der Waals surface area contributed by atoms with Gasteiger partial charge < -0.3 is 4.74 Å². The van der Waals surface area contributed by atoms with Crippen LogP contribution in [0, 0.1) is 0 Å². The molecule has 0 aliphatic carbocycles. The topological polar surface area (TPSA) is 54.8 Å². The standard InChI is InChI=1S/C26H18F3N3O2/c1-16(33)32-25(18-11-13-19(14-12-18)26(27,28)29)34-24(31-32)21-15-23(17-7-3-2-4-8-17)30-22-10-6-5-9-20(21)22/h2-15,25H,1H3/t25-/m0/s1. The highest BCUT2D eigenvalue weighted by molar-refractivity contribution is 6.08. The van der Waals surface area contributed by atoms with Gasteiger partial charge in [-0.25, -0.2) is 4.98 Å². The molecule has 1 aromatic heterocycles. The third-order valence-electron chi connectivity index (χ3n) is 5.51. The van der Waals surface area contributed by atoms with Crippen LogP contribution < -0.4 is 0 Å². The minimum atomic E-state index is -4.46. The van der Waals surface area contributed by atoms with Gasteiger partial charge in [-0.15, -0.1) is 5.10 Å². The Kier molecular flexibility index (Phi) is 5.28. The number of benzene rings is 3. The van der Waals surface area contributed by atoms with Gasteiger partial charge in [-0.1, -0.05) is 60.7 Å². The fourth-order valence-electron chi connectivity index (χ4n) is 3.84. The van der Waals surface area contributed by atoms with Crippen molar-refractivity contribution in [1.29, 1.82) is 0 Å². The van der Waals surface area contributed by atoms with Crippen LogP contribution in [0.25, 0.3) is 22.2 Å². The summed E-state index contributed by atoms with van der Waals surface area (Å²) in [5.41, 5.74) is 2.55. The number of fused-ring (bicyclic) bond motifs is 1. The Bertz CT molecular complexity index is 1400. The molecular weight excluding hydrogens is 443 g/mol. The molecule has 4 aromatic rings. The number of halogens is 3. The lowest BCUT2D eigenvalue weighted by molar-refractivity contribution is -0.138. The normalized spacial score (nSPS) is 15.8. The summed E-state index contributed by atoms with van der Waals surface area (Å²) in [5, 5.41) is 6.31. The van der Waals surface area contributed by atoms with E-state index in [1.165, 1.54) is 19.1 Å². The summed E-state index contributed by atoms with van der Waals surface area (Å²) >= 11 is 0. The number of nitrogens with zero attached hydrogens (tertiary/aromatic N) is 3. The molecule has 34 heavy (non-hydrogen) atoms. The zero-order chi connectivity index (χ0) is 23.9. The predicted octanol–water partition coefficient (Wildman–Crippen LogP) is 6.16. The van der Waals surface area contributed by atoms with E-state index in [-0.39, 0.29) is 5.90 Å². The van der Waals surface area contributed by atoms with Gasteiger partial charge in [0.1, 0.15) is 0 Å². The average molecular weight is 461 g/mol. The van der Waals surface area contributed by atoms with Crippen LogP contribution >= 0.6 is 0 Å². The largest absolute Gasteiger partial charge is 0.446 e. The number of pyridine rings is 1. The monoisotopic (exact) mass is 461 g/mol. The van der Waals surface area contributed by atoms with Crippen molar-refractivity contribution in [2.45, 2.75) is 19.3 Å². The molecule has 0 N–H and O–H groups in total. The molecular formula is C26H18F3N3O2. The van der Waals surface area contributed by atoms with Crippen LogP contribution in [0.2, 0.25) is 0 Å². The van der Waals surface area contributed by atoms with Gasteiger partial charge in [-0.3, -0.25) is 4.79 Å². The second kappa shape index (κ2) is 8.30. The van der Waals surface area contributed by atoms with E-state index in [2.05, 4.69) is 5.10 Å². The molecule has 5 nitrogen and oxygen atoms in total. The molecule has 1 aliphatic rings. The van der Waals surface area contributed by atoms with Gasteiger partial charge in [0.05, 0.1) is 16.8 Å². The molecule has 170 valence electrons. The number of carbonyl (C=O) groups excluding carboxylic acids is 1. The molecule has 1 aliphatic heterocycles. The molecule has 1 atom stereocenters. The summed E-state index contributed by atoms with van der Waals surface area (Å²) in [6.07, 6.45) is -5.44. The zero-order valence-corrected chi connectivity index (χ0v) is 18.0. The van der Waals surface area contributed by atoms with Gasteiger partial charge >= 0.3 is 6.18 Å². The first-order valence-corrected chi connectivity index (χ1v) is 10.5. The fourth-order valence-corrected chi connectivity index (χ4v) is 3.84. The number of hydrazone groups is 1. The molecule has 2 heterocycles. The SMILES string of the molecule is CC(=O)N1N=C(c2cc(-c3ccccc3)nc3ccccc23)O[C@H]1c1ccc(C(F)(F)F)cc1. The maximum Gasteiger partial charge on any atom is 0.416 e. The van der Waals surface area contributed by atoms with Crippen molar-refractivity contribution in [2.24, 2.45) is 5.10 Å². The van der Waals surface area contributed by atoms with Crippen LogP contribution in [0.1, 0.15) is 29.8 Å². The zero-order valence-electron chi connectivity index (χ0n) is 18.0. The molecule has 0 unspecified atom stereocenters. The summed E-state index contributed by atoms with van der Waals surface area (Å²) in [6.45, 7) is 1.33. The van der Waals surface area contributed by atoms with Crippen LogP contribution in [0.3, 0.4) is 0 Å². The fraction of sp³-hybridized carbons (Fsp3) is 0.115. The minimum Gasteiger partial charge on any atom is -0.446 e. The number of rotatable bonds is 3. The van der Waals surface area contributed by atoms with Crippen LogP contribution in [0.5, 0.6) is 0 Å². The van der Waals surface area contributed by atoms with Crippen molar-refractivity contribution in [1.82, 2.24) is 9.99 Å². The number of carbonyl (C=O) groups is 1. The van der Waals surface area contributed by atoms with Gasteiger partial charge in [0.2, 0.25) is 18.0 Å². The first-order valence-electron chi connectivity index (χ1n) is 10.5. The molecule has 0 fully saturated rings. The van der Waals surface area contributed by atoms with E-state index in [0.29, 0.717) is 16.8 Å². The number of para-hydroxylation sites is 1. The van der Waals surface area contributed by atoms with E-state index in [9.17, 15) is 18.0 Å². The summed E-state index contributed by atoms with van der Waals surface area (Å²) in [5.74, 6) is -0.211. The van der Waals surface area contributed by atoms with Gasteiger partial charge in [0.25, 0.3) is 0 Å². The number of hydrogen-bond donors (Lipinski definition) is 0. The quantitative estimate of drug-likeness (QED) is 0.367. The Morgan fingerprint density at radius 3 is 2.29 bits per heavy atom. The van der Waals surface area contributed by atoms with E-state index < -0.39 is 23.9 Å². The molecule has 0 radical (unpaired) electrons. The van der Waals surface area contributed by atoms with Crippen molar-refractivity contribution < 1.29 is 22.7 Å². The highest BCUT2D eigenvalue weighted by Crippen LogP contribution is 2.35. The van der Waals surface area contributed by atoms with E-state index in [1.54, 1.807) is 0 Å². The first-order chi connectivity index (χ1) is 16.3. The van der Waals surface area contributed by atoms with E-state index in [0.717, 1.165) is 33.6 Å². The Hall–Kier alpha value is -4.20. The van der Waals surface area contributed by atoms with E-state index in [4.69, 9.17) is 9.72 Å². The predicted molar refractivity (Wildman–Crippen MR) is 122 cm³/mol. The van der Waals surface area contributed by atoms with Crippen molar-refractivity contribution in [3.8, 4) is 11.3 Å². The molecule has 8 heteroatoms. The number of amides is 1. The Morgan fingerprint density at radius 1 is 0.941 bits per heavy atom. The average Bonchev–Trinajstić information content (AvgIpc) is 3.29. The van der Waals surface area contributed by atoms with Crippen molar-refractivity contribution in [3.63, 3.8) is 0 Å². The van der Waals surface area contributed by atoms with Gasteiger partial charge in [-0.05, 0) is 24.3 Å². The summed E-state index contributed by atoms with van der Waals surface area (Å²) in [6, 6.07) is 23.4. The summed E-state index contributed by atoms with van der Waals surface area (Å²) < 4.78 is 45.0. The lowest BCUT2D eigenvalue weighted by Crippen LogP contribution is -2.25. The molecule has 0 bridgehead atoms. The van der Waals surface area contributed by atoms with Crippen LogP contribution in [0.15, 0.2) is 90.0 Å². The van der Waals surface area contributed by atoms with Crippen LogP contribution in [0.4, 0.5) is 13.2 Å². The second-order valence-corrected chi connectivity index (χ2v) is 7.80. The Balaban J connectivity index is 1.58. The first kappa shape index (κ1) is 21.6. The van der Waals surface area contributed by atoms with E-state index >= 15 is 0 Å². The minimum absolute atomic E-state index is 0.191. The molecule has 1 amide bonds. The molecule has 3 aromatic carbocycles. The van der Waals surface area contributed by atoms with Gasteiger partial charge in [-0.2, -0.15) is 18.2 Å². The number of hydrogen-bond acceptors (Lipinski definition) is 4. The smallest absolute Gasteiger partial charge is 0.416 e. The van der Waals surface area contributed by atoms with E-state index in [1.807, 2.05) is 60.7 Å². The summed E-state index contributed by atoms with van der Waals surface area (Å²) in [4.78, 5) is 17.1. The Labute approximate surface area is 193 Å². The number of alkyl halides is 3. The maximum atomic E-state index is 13.0. The third-order valence-corrected chi connectivity index (χ3v) is 5.51. The molecule has 0 spiro atoms.